The SMILES string of the molecule is CC1(C)OCC(=C(C(=O)OCc2ccccc2)N2C(=O)[C@@H]3N=C(c4ccccc4)O[C@@H]32)CO1. The van der Waals surface area contributed by atoms with E-state index in [1.807, 2.05) is 60.7 Å². The van der Waals surface area contributed by atoms with Gasteiger partial charge < -0.3 is 18.9 Å². The van der Waals surface area contributed by atoms with E-state index in [4.69, 9.17) is 18.9 Å². The number of likely N-dealkylation sites (tertiary alicyclic amines) is 1. The number of nitrogens with zero attached hydrogens (tertiary/aromatic N) is 2. The number of hydrogen-bond donors (Lipinski definition) is 0. The largest absolute Gasteiger partial charge is 0.456 e. The molecule has 0 aliphatic carbocycles. The molecule has 2 aromatic rings. The molecule has 0 radical (unpaired) electrons. The number of amides is 1. The van der Waals surface area contributed by atoms with Gasteiger partial charge in [0.2, 0.25) is 12.1 Å². The summed E-state index contributed by atoms with van der Waals surface area (Å²) < 4.78 is 23.0. The minimum absolute atomic E-state index is 0.0758. The predicted molar refractivity (Wildman–Crippen MR) is 118 cm³/mol. The first-order chi connectivity index (χ1) is 15.9. The molecule has 3 aliphatic rings. The molecule has 2 aromatic carbocycles. The number of β-lactam (4-membered cyclic amide) rings is 1. The zero-order valence-electron chi connectivity index (χ0n) is 18.4. The molecule has 8 nitrogen and oxygen atoms in total. The molecule has 2 saturated heterocycles. The van der Waals surface area contributed by atoms with E-state index in [-0.39, 0.29) is 31.4 Å². The summed E-state index contributed by atoms with van der Waals surface area (Å²) in [5.41, 5.74) is 2.23. The van der Waals surface area contributed by atoms with Gasteiger partial charge in [0.05, 0.1) is 13.2 Å². The van der Waals surface area contributed by atoms with Crippen molar-refractivity contribution in [2.45, 2.75) is 38.5 Å². The molecule has 0 unspecified atom stereocenters. The highest BCUT2D eigenvalue weighted by molar-refractivity contribution is 6.05. The number of benzene rings is 2. The third kappa shape index (κ3) is 4.15. The van der Waals surface area contributed by atoms with Crippen molar-refractivity contribution in [2.75, 3.05) is 13.2 Å². The van der Waals surface area contributed by atoms with Crippen molar-refractivity contribution in [3.05, 3.63) is 83.1 Å². The van der Waals surface area contributed by atoms with Crippen molar-refractivity contribution in [1.82, 2.24) is 4.90 Å². The van der Waals surface area contributed by atoms with E-state index in [1.165, 1.54) is 4.90 Å². The van der Waals surface area contributed by atoms with Gasteiger partial charge in [-0.3, -0.25) is 9.69 Å². The van der Waals surface area contributed by atoms with Crippen LogP contribution in [-0.2, 0) is 35.1 Å². The van der Waals surface area contributed by atoms with E-state index >= 15 is 0 Å². The van der Waals surface area contributed by atoms with Gasteiger partial charge in [-0.05, 0) is 31.5 Å². The summed E-state index contributed by atoms with van der Waals surface area (Å²) in [5.74, 6) is -1.36. The normalized spacial score (nSPS) is 23.2. The fourth-order valence-corrected chi connectivity index (χ4v) is 3.86. The second-order valence-corrected chi connectivity index (χ2v) is 8.45. The maximum atomic E-state index is 13.2. The molecule has 3 aliphatic heterocycles. The average molecular weight is 448 g/mol. The molecule has 2 fully saturated rings. The highest BCUT2D eigenvalue weighted by atomic mass is 16.7. The molecule has 33 heavy (non-hydrogen) atoms. The molecule has 5 rings (SSSR count). The summed E-state index contributed by atoms with van der Waals surface area (Å²) >= 11 is 0. The number of esters is 1. The summed E-state index contributed by atoms with van der Waals surface area (Å²) in [6.07, 6.45) is -0.714. The van der Waals surface area contributed by atoms with Gasteiger partial charge in [-0.15, -0.1) is 0 Å². The molecule has 0 spiro atoms. The minimum atomic E-state index is -0.780. The van der Waals surface area contributed by atoms with Gasteiger partial charge >= 0.3 is 5.97 Å². The first-order valence-electron chi connectivity index (χ1n) is 10.8. The van der Waals surface area contributed by atoms with Gasteiger partial charge in [0.1, 0.15) is 12.3 Å². The van der Waals surface area contributed by atoms with E-state index in [2.05, 4.69) is 4.99 Å². The molecule has 0 saturated carbocycles. The van der Waals surface area contributed by atoms with Crippen LogP contribution in [0, 0.1) is 0 Å². The Morgan fingerprint density at radius 2 is 1.70 bits per heavy atom. The van der Waals surface area contributed by atoms with Gasteiger partial charge in [-0.1, -0.05) is 48.5 Å². The molecule has 3 heterocycles. The molecule has 0 bridgehead atoms. The second-order valence-electron chi connectivity index (χ2n) is 8.45. The smallest absolute Gasteiger partial charge is 0.355 e. The van der Waals surface area contributed by atoms with Crippen molar-refractivity contribution < 1.29 is 28.5 Å². The molecule has 8 heteroatoms. The predicted octanol–water partition coefficient (Wildman–Crippen LogP) is 2.78. The topological polar surface area (TPSA) is 86.7 Å². The van der Waals surface area contributed by atoms with Crippen LogP contribution in [0.1, 0.15) is 25.0 Å². The van der Waals surface area contributed by atoms with Crippen molar-refractivity contribution in [1.29, 1.82) is 0 Å². The van der Waals surface area contributed by atoms with Crippen LogP contribution in [0.4, 0.5) is 0 Å². The van der Waals surface area contributed by atoms with Crippen LogP contribution >= 0.6 is 0 Å². The van der Waals surface area contributed by atoms with Crippen molar-refractivity contribution in [2.24, 2.45) is 4.99 Å². The summed E-state index contributed by atoms with van der Waals surface area (Å²) in [5, 5.41) is 0. The number of aliphatic imine (C=N–C) groups is 1. The minimum Gasteiger partial charge on any atom is -0.456 e. The van der Waals surface area contributed by atoms with Crippen molar-refractivity contribution in [3.63, 3.8) is 0 Å². The Hall–Kier alpha value is -3.49. The molecule has 1 amide bonds. The fourth-order valence-electron chi connectivity index (χ4n) is 3.86. The lowest BCUT2D eigenvalue weighted by Crippen LogP contribution is -2.63. The summed E-state index contributed by atoms with van der Waals surface area (Å²) in [6, 6.07) is 18.0. The quantitative estimate of drug-likeness (QED) is 0.397. The average Bonchev–Trinajstić information content (AvgIpc) is 3.23. The first-order valence-corrected chi connectivity index (χ1v) is 10.8. The van der Waals surface area contributed by atoms with E-state index in [0.717, 1.165) is 11.1 Å². The number of carbonyl (C=O) groups is 2. The van der Waals surface area contributed by atoms with Gasteiger partial charge in [0, 0.05) is 11.1 Å². The van der Waals surface area contributed by atoms with Gasteiger partial charge in [-0.2, -0.15) is 0 Å². The van der Waals surface area contributed by atoms with E-state index in [1.54, 1.807) is 13.8 Å². The third-order valence-corrected chi connectivity index (χ3v) is 5.69. The van der Waals surface area contributed by atoms with Gasteiger partial charge in [0.25, 0.3) is 5.91 Å². The van der Waals surface area contributed by atoms with E-state index in [9.17, 15) is 9.59 Å². The zero-order chi connectivity index (χ0) is 23.0. The third-order valence-electron chi connectivity index (χ3n) is 5.69. The maximum Gasteiger partial charge on any atom is 0.355 e. The monoisotopic (exact) mass is 448 g/mol. The van der Waals surface area contributed by atoms with Crippen LogP contribution in [-0.4, -0.2) is 53.9 Å². The Kier molecular flexibility index (Phi) is 5.47. The van der Waals surface area contributed by atoms with Crippen LogP contribution in [0.5, 0.6) is 0 Å². The highest BCUT2D eigenvalue weighted by Crippen LogP contribution is 2.37. The van der Waals surface area contributed by atoms with Gasteiger partial charge in [-0.25, -0.2) is 9.79 Å². The Morgan fingerprint density at radius 1 is 1.06 bits per heavy atom. The lowest BCUT2D eigenvalue weighted by Gasteiger charge is -2.42. The number of carbonyl (C=O) groups excluding carboxylic acids is 2. The van der Waals surface area contributed by atoms with Crippen LogP contribution in [0.25, 0.3) is 0 Å². The van der Waals surface area contributed by atoms with Crippen LogP contribution in [0.3, 0.4) is 0 Å². The Morgan fingerprint density at radius 3 is 2.36 bits per heavy atom. The Balaban J connectivity index is 1.40. The zero-order valence-corrected chi connectivity index (χ0v) is 18.4. The molecule has 2 atom stereocenters. The summed E-state index contributed by atoms with van der Waals surface area (Å²) in [4.78, 5) is 32.0. The lowest BCUT2D eigenvalue weighted by molar-refractivity contribution is -0.227. The van der Waals surface area contributed by atoms with E-state index in [0.29, 0.717) is 11.5 Å². The van der Waals surface area contributed by atoms with Crippen LogP contribution in [0.2, 0.25) is 0 Å². The highest BCUT2D eigenvalue weighted by Gasteiger charge is 2.57. The van der Waals surface area contributed by atoms with Crippen LogP contribution < -0.4 is 0 Å². The van der Waals surface area contributed by atoms with E-state index < -0.39 is 24.0 Å². The molecule has 0 N–H and O–H groups in total. The number of rotatable bonds is 5. The fraction of sp³-hybridized carbons (Fsp3) is 0.320. The molecule has 170 valence electrons. The number of ether oxygens (including phenoxy) is 4. The van der Waals surface area contributed by atoms with Crippen molar-refractivity contribution >= 4 is 17.8 Å². The second kappa shape index (κ2) is 8.46. The number of hydrogen-bond acceptors (Lipinski definition) is 7. The lowest BCUT2D eigenvalue weighted by atomic mass is 10.0. The molecule has 0 aromatic heterocycles. The Bertz CT molecular complexity index is 1110. The molecular weight excluding hydrogens is 424 g/mol. The first kappa shape index (κ1) is 21.4. The summed E-state index contributed by atoms with van der Waals surface area (Å²) in [6.45, 7) is 3.93. The van der Waals surface area contributed by atoms with Gasteiger partial charge in [0.15, 0.2) is 11.8 Å². The maximum absolute atomic E-state index is 13.2. The van der Waals surface area contributed by atoms with Crippen LogP contribution in [0.15, 0.2) is 76.9 Å². The number of fused-ring (bicyclic) bond motifs is 1. The standard InChI is InChI=1S/C25H24N2O6/c1-25(2)31-14-18(15-32-25)20(24(29)30-13-16-9-5-3-6-10-16)27-22(28)19-23(27)33-21(26-19)17-11-7-4-8-12-17/h3-12,19,23H,13-15H2,1-2H3/t19-,23-/m0/s1. The Labute approximate surface area is 191 Å². The molecular formula is C25H24N2O6. The van der Waals surface area contributed by atoms with Crippen molar-refractivity contribution in [3.8, 4) is 0 Å². The summed E-state index contributed by atoms with van der Waals surface area (Å²) in [7, 11) is 0.